The number of aryl methyl sites for hydroxylation is 1. The van der Waals surface area contributed by atoms with E-state index in [0.717, 1.165) is 16.0 Å². The molecule has 0 spiro atoms. The summed E-state index contributed by atoms with van der Waals surface area (Å²) in [6, 6.07) is 12.4. The number of hydrogen-bond donors (Lipinski definition) is 2. The molecule has 4 rings (SSSR count). The number of halogens is 2. The van der Waals surface area contributed by atoms with Crippen LogP contribution in [0.3, 0.4) is 0 Å². The minimum Gasteiger partial charge on any atom is -0.493 e. The molecule has 1 saturated heterocycles. The number of benzene rings is 3. The van der Waals surface area contributed by atoms with Crippen molar-refractivity contribution in [1.82, 2.24) is 5.32 Å². The lowest BCUT2D eigenvalue weighted by Gasteiger charge is -2.27. The van der Waals surface area contributed by atoms with E-state index in [-0.39, 0.29) is 34.4 Å². The molecule has 206 valence electrons. The van der Waals surface area contributed by atoms with Crippen LogP contribution in [0, 0.1) is 20.8 Å². The average molecular weight is 582 g/mol. The quantitative estimate of drug-likeness (QED) is 0.277. The number of anilines is 2. The second-order valence-electron chi connectivity index (χ2n) is 8.96. The fourth-order valence-electron chi connectivity index (χ4n) is 4.05. The number of carbonyl (C=O) groups excluding carboxylic acids is 4. The van der Waals surface area contributed by atoms with Crippen molar-refractivity contribution in [2.75, 3.05) is 23.9 Å². The zero-order chi connectivity index (χ0) is 29.1. The highest BCUT2D eigenvalue weighted by molar-refractivity contribution is 6.40. The lowest BCUT2D eigenvalue weighted by atomic mass is 10.1. The number of barbiturate groups is 1. The Morgan fingerprint density at radius 2 is 1.73 bits per heavy atom. The van der Waals surface area contributed by atoms with Crippen molar-refractivity contribution in [2.24, 2.45) is 0 Å². The summed E-state index contributed by atoms with van der Waals surface area (Å²) in [6.45, 7) is 5.16. The van der Waals surface area contributed by atoms with Crippen LogP contribution >= 0.6 is 23.2 Å². The Kier molecular flexibility index (Phi) is 8.46. The maximum absolute atomic E-state index is 13.3. The van der Waals surface area contributed by atoms with Gasteiger partial charge in [-0.3, -0.25) is 19.7 Å². The Morgan fingerprint density at radius 1 is 1.00 bits per heavy atom. The molecular formula is C29H25Cl2N3O6. The third-order valence-corrected chi connectivity index (χ3v) is 7.06. The Morgan fingerprint density at radius 3 is 2.45 bits per heavy atom. The topological polar surface area (TPSA) is 114 Å². The van der Waals surface area contributed by atoms with E-state index in [4.69, 9.17) is 32.7 Å². The van der Waals surface area contributed by atoms with Crippen LogP contribution in [0.25, 0.3) is 6.08 Å². The van der Waals surface area contributed by atoms with Crippen LogP contribution in [0.4, 0.5) is 16.2 Å². The molecule has 1 aliphatic heterocycles. The predicted octanol–water partition coefficient (Wildman–Crippen LogP) is 5.61. The minimum atomic E-state index is -0.893. The molecule has 5 amide bonds. The van der Waals surface area contributed by atoms with Crippen molar-refractivity contribution in [3.05, 3.63) is 86.4 Å². The third-order valence-electron chi connectivity index (χ3n) is 6.37. The second kappa shape index (κ2) is 11.8. The smallest absolute Gasteiger partial charge is 0.335 e. The van der Waals surface area contributed by atoms with Gasteiger partial charge in [0.15, 0.2) is 18.1 Å². The van der Waals surface area contributed by atoms with Crippen molar-refractivity contribution < 1.29 is 28.7 Å². The van der Waals surface area contributed by atoms with Gasteiger partial charge in [0.05, 0.1) is 17.8 Å². The molecule has 40 heavy (non-hydrogen) atoms. The highest BCUT2D eigenvalue weighted by Crippen LogP contribution is 2.37. The van der Waals surface area contributed by atoms with Crippen molar-refractivity contribution >= 4 is 64.4 Å². The molecule has 3 aromatic carbocycles. The standard InChI is InChI=1S/C29H25Cl2N3O6/c1-15-7-5-9-22(16(15)2)32-25(35)14-40-26-21(31)12-18(13-24(26)39-4)11-19-27(36)33-29(38)34(28(19)37)23-10-6-8-20(30)17(23)3/h5-13H,14H2,1-4H3,(H,32,35)(H,33,36,38)/b19-11-. The number of nitrogens with zero attached hydrogens (tertiary/aromatic N) is 1. The molecule has 0 bridgehead atoms. The summed E-state index contributed by atoms with van der Waals surface area (Å²) in [7, 11) is 1.38. The van der Waals surface area contributed by atoms with Gasteiger partial charge in [-0.2, -0.15) is 0 Å². The van der Waals surface area contributed by atoms with Crippen molar-refractivity contribution in [3.8, 4) is 11.5 Å². The molecule has 9 nitrogen and oxygen atoms in total. The van der Waals surface area contributed by atoms with Gasteiger partial charge in [0.2, 0.25) is 0 Å². The summed E-state index contributed by atoms with van der Waals surface area (Å²) >= 11 is 12.6. The van der Waals surface area contributed by atoms with E-state index < -0.39 is 23.8 Å². The van der Waals surface area contributed by atoms with Crippen LogP contribution in [0.5, 0.6) is 11.5 Å². The first-order valence-corrected chi connectivity index (χ1v) is 12.8. The van der Waals surface area contributed by atoms with E-state index in [2.05, 4.69) is 10.6 Å². The SMILES string of the molecule is COc1cc(/C=C2/C(=O)NC(=O)N(c3cccc(Cl)c3C)C2=O)cc(Cl)c1OCC(=O)Nc1cccc(C)c1C. The summed E-state index contributed by atoms with van der Waals surface area (Å²) in [4.78, 5) is 51.9. The molecule has 1 heterocycles. The monoisotopic (exact) mass is 581 g/mol. The highest BCUT2D eigenvalue weighted by Gasteiger charge is 2.37. The van der Waals surface area contributed by atoms with E-state index in [1.54, 1.807) is 31.2 Å². The lowest BCUT2D eigenvalue weighted by molar-refractivity contribution is -0.122. The van der Waals surface area contributed by atoms with Crippen molar-refractivity contribution in [3.63, 3.8) is 0 Å². The van der Waals surface area contributed by atoms with Crippen LogP contribution in [0.2, 0.25) is 10.0 Å². The van der Waals surface area contributed by atoms with Gasteiger partial charge < -0.3 is 14.8 Å². The van der Waals surface area contributed by atoms with Gasteiger partial charge in [0, 0.05) is 10.7 Å². The van der Waals surface area contributed by atoms with E-state index in [1.165, 1.54) is 25.3 Å². The van der Waals surface area contributed by atoms with E-state index in [1.807, 2.05) is 26.0 Å². The maximum Gasteiger partial charge on any atom is 0.335 e. The molecule has 3 aromatic rings. The molecule has 0 radical (unpaired) electrons. The summed E-state index contributed by atoms with van der Waals surface area (Å²) in [5.74, 6) is -1.83. The fraction of sp³-hybridized carbons (Fsp3) is 0.172. The minimum absolute atomic E-state index is 0.0769. The molecule has 0 aromatic heterocycles. The highest BCUT2D eigenvalue weighted by atomic mass is 35.5. The predicted molar refractivity (Wildman–Crippen MR) is 153 cm³/mol. The van der Waals surface area contributed by atoms with Gasteiger partial charge in [-0.1, -0.05) is 41.4 Å². The Labute approximate surface area is 240 Å². The molecule has 2 N–H and O–H groups in total. The molecular weight excluding hydrogens is 557 g/mol. The Hall–Kier alpha value is -4.34. The number of urea groups is 1. The van der Waals surface area contributed by atoms with Crippen LogP contribution in [-0.2, 0) is 14.4 Å². The van der Waals surface area contributed by atoms with Gasteiger partial charge in [0.25, 0.3) is 17.7 Å². The number of imide groups is 2. The van der Waals surface area contributed by atoms with Crippen LogP contribution in [0.15, 0.2) is 54.1 Å². The first-order valence-electron chi connectivity index (χ1n) is 12.0. The molecule has 1 aliphatic rings. The summed E-state index contributed by atoms with van der Waals surface area (Å²) < 4.78 is 11.1. The lowest BCUT2D eigenvalue weighted by Crippen LogP contribution is -2.54. The van der Waals surface area contributed by atoms with E-state index in [9.17, 15) is 19.2 Å². The largest absolute Gasteiger partial charge is 0.493 e. The zero-order valence-corrected chi connectivity index (χ0v) is 23.6. The number of carbonyl (C=O) groups is 4. The number of rotatable bonds is 7. The molecule has 11 heteroatoms. The van der Waals surface area contributed by atoms with Gasteiger partial charge >= 0.3 is 6.03 Å². The van der Waals surface area contributed by atoms with Gasteiger partial charge in [-0.15, -0.1) is 0 Å². The number of amides is 5. The molecule has 1 fully saturated rings. The number of ether oxygens (including phenoxy) is 2. The molecule has 0 atom stereocenters. The third kappa shape index (κ3) is 5.80. The number of hydrogen-bond acceptors (Lipinski definition) is 6. The van der Waals surface area contributed by atoms with E-state index in [0.29, 0.717) is 21.8 Å². The van der Waals surface area contributed by atoms with Gasteiger partial charge in [-0.25, -0.2) is 9.69 Å². The fourth-order valence-corrected chi connectivity index (χ4v) is 4.50. The Bertz CT molecular complexity index is 1580. The van der Waals surface area contributed by atoms with E-state index >= 15 is 0 Å². The first-order chi connectivity index (χ1) is 19.0. The number of nitrogens with one attached hydrogen (secondary N) is 2. The van der Waals surface area contributed by atoms with Gasteiger partial charge in [-0.05, 0) is 79.4 Å². The van der Waals surface area contributed by atoms with Gasteiger partial charge in [0.1, 0.15) is 5.57 Å². The number of methoxy groups -OCH3 is 1. The van der Waals surface area contributed by atoms with Crippen LogP contribution < -0.4 is 25.0 Å². The van der Waals surface area contributed by atoms with Crippen LogP contribution in [-0.4, -0.2) is 37.5 Å². The van der Waals surface area contributed by atoms with Crippen molar-refractivity contribution in [2.45, 2.75) is 20.8 Å². The Balaban J connectivity index is 1.58. The summed E-state index contributed by atoms with van der Waals surface area (Å²) in [6.07, 6.45) is 1.28. The molecule has 0 unspecified atom stereocenters. The average Bonchev–Trinajstić information content (AvgIpc) is 2.90. The molecule has 0 aliphatic carbocycles. The normalized spacial score (nSPS) is 14.3. The van der Waals surface area contributed by atoms with Crippen molar-refractivity contribution in [1.29, 1.82) is 0 Å². The second-order valence-corrected chi connectivity index (χ2v) is 9.77. The molecule has 0 saturated carbocycles. The first kappa shape index (κ1) is 28.7. The zero-order valence-electron chi connectivity index (χ0n) is 22.1. The van der Waals surface area contributed by atoms with Crippen LogP contribution in [0.1, 0.15) is 22.3 Å². The summed E-state index contributed by atoms with van der Waals surface area (Å²) in [5.41, 5.74) is 3.40. The maximum atomic E-state index is 13.3. The summed E-state index contributed by atoms with van der Waals surface area (Å²) in [5, 5.41) is 5.41.